The average molecular weight is 265 g/mol. The van der Waals surface area contributed by atoms with Gasteiger partial charge in [-0.2, -0.15) is 5.10 Å². The monoisotopic (exact) mass is 265 g/mol. The van der Waals surface area contributed by atoms with Gasteiger partial charge in [-0.05, 0) is 58.3 Å². The number of rotatable bonds is 7. The summed E-state index contributed by atoms with van der Waals surface area (Å²) in [7, 11) is 0. The Morgan fingerprint density at radius 1 is 1.47 bits per heavy atom. The minimum atomic E-state index is 0.633. The van der Waals surface area contributed by atoms with Crippen LogP contribution < -0.4 is 5.32 Å². The number of H-pyrrole nitrogens is 1. The van der Waals surface area contributed by atoms with E-state index in [0.29, 0.717) is 6.04 Å². The van der Waals surface area contributed by atoms with Crippen LogP contribution in [0.2, 0.25) is 0 Å². The van der Waals surface area contributed by atoms with Gasteiger partial charge in [0.15, 0.2) is 0 Å². The minimum Gasteiger partial charge on any atom is -0.314 e. The third-order valence-corrected chi connectivity index (χ3v) is 4.31. The fourth-order valence-electron chi connectivity index (χ4n) is 2.87. The molecule has 5 nitrogen and oxygen atoms in total. The van der Waals surface area contributed by atoms with Gasteiger partial charge in [-0.3, -0.25) is 5.10 Å². The smallest absolute Gasteiger partial charge is 0.137 e. The zero-order valence-electron chi connectivity index (χ0n) is 12.2. The highest BCUT2D eigenvalue weighted by atomic mass is 15.2. The third-order valence-electron chi connectivity index (χ3n) is 4.31. The van der Waals surface area contributed by atoms with Gasteiger partial charge in [0.1, 0.15) is 12.2 Å². The highest BCUT2D eigenvalue weighted by Crippen LogP contribution is 2.20. The van der Waals surface area contributed by atoms with Gasteiger partial charge in [-0.25, -0.2) is 4.98 Å². The molecule has 1 atom stereocenters. The minimum absolute atomic E-state index is 0.633. The first-order valence-electron chi connectivity index (χ1n) is 7.59. The van der Waals surface area contributed by atoms with E-state index in [0.717, 1.165) is 31.1 Å². The molecule has 0 aromatic carbocycles. The zero-order valence-corrected chi connectivity index (χ0v) is 12.2. The Morgan fingerprint density at radius 2 is 2.26 bits per heavy atom. The molecule has 0 bridgehead atoms. The quantitative estimate of drug-likeness (QED) is 0.733. The molecule has 1 saturated heterocycles. The normalized spacial score (nSPS) is 19.7. The first-order valence-corrected chi connectivity index (χ1v) is 7.59. The van der Waals surface area contributed by atoms with Crippen LogP contribution in [0.25, 0.3) is 0 Å². The number of hydrogen-bond acceptors (Lipinski definition) is 4. The van der Waals surface area contributed by atoms with Gasteiger partial charge in [0.25, 0.3) is 0 Å². The summed E-state index contributed by atoms with van der Waals surface area (Å²) in [4.78, 5) is 6.69. The lowest BCUT2D eigenvalue weighted by Crippen LogP contribution is -2.42. The molecule has 0 spiro atoms. The zero-order chi connectivity index (χ0) is 13.5. The summed E-state index contributed by atoms with van der Waals surface area (Å²) in [6, 6.07) is 0.633. The second kappa shape index (κ2) is 7.60. The SMILES string of the molecule is CCN1CCC(C(C)NCCCc2ncn[nH]2)CC1. The molecule has 5 heteroatoms. The van der Waals surface area contributed by atoms with Crippen molar-refractivity contribution in [3.05, 3.63) is 12.2 Å². The Kier molecular flexibility index (Phi) is 5.79. The van der Waals surface area contributed by atoms with Crippen molar-refractivity contribution in [2.75, 3.05) is 26.2 Å². The summed E-state index contributed by atoms with van der Waals surface area (Å²) in [5, 5.41) is 10.4. The van der Waals surface area contributed by atoms with Crippen molar-refractivity contribution in [3.8, 4) is 0 Å². The number of nitrogens with zero attached hydrogens (tertiary/aromatic N) is 3. The van der Waals surface area contributed by atoms with Gasteiger partial charge in [-0.1, -0.05) is 6.92 Å². The fourth-order valence-corrected chi connectivity index (χ4v) is 2.87. The number of hydrogen-bond donors (Lipinski definition) is 2. The van der Waals surface area contributed by atoms with Gasteiger partial charge >= 0.3 is 0 Å². The Bertz CT molecular complexity index is 330. The second-order valence-electron chi connectivity index (χ2n) is 5.55. The molecular weight excluding hydrogens is 238 g/mol. The number of aromatic nitrogens is 3. The second-order valence-corrected chi connectivity index (χ2v) is 5.55. The van der Waals surface area contributed by atoms with Crippen LogP contribution in [0, 0.1) is 5.92 Å². The third kappa shape index (κ3) is 4.58. The standard InChI is InChI=1S/C14H27N5/c1-3-19-9-6-13(7-10-19)12(2)15-8-4-5-14-16-11-17-18-14/h11-13,15H,3-10H2,1-2H3,(H,16,17,18). The van der Waals surface area contributed by atoms with Crippen molar-refractivity contribution >= 4 is 0 Å². The molecule has 1 fully saturated rings. The van der Waals surface area contributed by atoms with Crippen molar-refractivity contribution in [1.29, 1.82) is 0 Å². The predicted octanol–water partition coefficient (Wildman–Crippen LogP) is 1.45. The summed E-state index contributed by atoms with van der Waals surface area (Å²) < 4.78 is 0. The summed E-state index contributed by atoms with van der Waals surface area (Å²) in [6.45, 7) is 9.39. The Morgan fingerprint density at radius 3 is 2.89 bits per heavy atom. The number of likely N-dealkylation sites (tertiary alicyclic amines) is 1. The maximum absolute atomic E-state index is 4.14. The molecule has 2 rings (SSSR count). The molecule has 108 valence electrons. The summed E-state index contributed by atoms with van der Waals surface area (Å²) >= 11 is 0. The Balaban J connectivity index is 1.58. The van der Waals surface area contributed by atoms with Crippen LogP contribution in [-0.2, 0) is 6.42 Å². The Labute approximate surface area is 116 Å². The Hall–Kier alpha value is -0.940. The molecule has 0 amide bonds. The fraction of sp³-hybridized carbons (Fsp3) is 0.857. The van der Waals surface area contributed by atoms with E-state index < -0.39 is 0 Å². The van der Waals surface area contributed by atoms with Crippen LogP contribution in [0.3, 0.4) is 0 Å². The summed E-state index contributed by atoms with van der Waals surface area (Å²) in [5.41, 5.74) is 0. The van der Waals surface area contributed by atoms with Crippen LogP contribution in [0.5, 0.6) is 0 Å². The molecule has 1 aliphatic heterocycles. The molecule has 1 unspecified atom stereocenters. The lowest BCUT2D eigenvalue weighted by molar-refractivity contribution is 0.169. The lowest BCUT2D eigenvalue weighted by atomic mass is 9.90. The van der Waals surface area contributed by atoms with Crippen molar-refractivity contribution in [3.63, 3.8) is 0 Å². The van der Waals surface area contributed by atoms with E-state index in [2.05, 4.69) is 39.2 Å². The molecule has 1 aliphatic rings. The lowest BCUT2D eigenvalue weighted by Gasteiger charge is -2.34. The van der Waals surface area contributed by atoms with Gasteiger partial charge in [-0.15, -0.1) is 0 Å². The summed E-state index contributed by atoms with van der Waals surface area (Å²) in [6.07, 6.45) is 6.35. The van der Waals surface area contributed by atoms with Crippen molar-refractivity contribution in [2.24, 2.45) is 5.92 Å². The molecule has 2 heterocycles. The van der Waals surface area contributed by atoms with Gasteiger partial charge < -0.3 is 10.2 Å². The molecular formula is C14H27N5. The number of aromatic amines is 1. The topological polar surface area (TPSA) is 56.8 Å². The molecule has 1 aromatic rings. The largest absolute Gasteiger partial charge is 0.314 e. The van der Waals surface area contributed by atoms with Crippen molar-refractivity contribution in [2.45, 2.75) is 45.6 Å². The first kappa shape index (κ1) is 14.5. The van der Waals surface area contributed by atoms with Gasteiger partial charge in [0.05, 0.1) is 0 Å². The number of piperidine rings is 1. The molecule has 19 heavy (non-hydrogen) atoms. The molecule has 2 N–H and O–H groups in total. The van der Waals surface area contributed by atoms with Crippen molar-refractivity contribution in [1.82, 2.24) is 25.4 Å². The number of nitrogens with one attached hydrogen (secondary N) is 2. The van der Waals surface area contributed by atoms with Gasteiger partial charge in [0.2, 0.25) is 0 Å². The highest BCUT2D eigenvalue weighted by Gasteiger charge is 2.22. The molecule has 1 aromatic heterocycles. The maximum Gasteiger partial charge on any atom is 0.137 e. The molecule has 0 saturated carbocycles. The van der Waals surface area contributed by atoms with Crippen LogP contribution in [0.4, 0.5) is 0 Å². The van der Waals surface area contributed by atoms with Crippen LogP contribution in [0.1, 0.15) is 38.9 Å². The maximum atomic E-state index is 4.14. The molecule has 0 aliphatic carbocycles. The first-order chi connectivity index (χ1) is 9.29. The van der Waals surface area contributed by atoms with Gasteiger partial charge in [0, 0.05) is 12.5 Å². The van der Waals surface area contributed by atoms with E-state index in [1.807, 2.05) is 0 Å². The van der Waals surface area contributed by atoms with E-state index in [1.165, 1.54) is 32.5 Å². The highest BCUT2D eigenvalue weighted by molar-refractivity contribution is 4.82. The summed E-state index contributed by atoms with van der Waals surface area (Å²) in [5.74, 6) is 1.83. The van der Waals surface area contributed by atoms with Crippen LogP contribution >= 0.6 is 0 Å². The van der Waals surface area contributed by atoms with E-state index in [1.54, 1.807) is 6.33 Å². The predicted molar refractivity (Wildman–Crippen MR) is 77.0 cm³/mol. The number of aryl methyl sites for hydroxylation is 1. The molecule has 0 radical (unpaired) electrons. The van der Waals surface area contributed by atoms with Crippen LogP contribution in [-0.4, -0.2) is 52.3 Å². The average Bonchev–Trinajstić information content (AvgIpc) is 2.96. The van der Waals surface area contributed by atoms with E-state index in [9.17, 15) is 0 Å². The van der Waals surface area contributed by atoms with Crippen LogP contribution in [0.15, 0.2) is 6.33 Å². The van der Waals surface area contributed by atoms with E-state index >= 15 is 0 Å². The van der Waals surface area contributed by atoms with E-state index in [4.69, 9.17) is 0 Å². The van der Waals surface area contributed by atoms with E-state index in [-0.39, 0.29) is 0 Å². The van der Waals surface area contributed by atoms with Crippen molar-refractivity contribution < 1.29 is 0 Å².